The van der Waals surface area contributed by atoms with E-state index in [9.17, 15) is 18.5 Å². The molecule has 1 aromatic heterocycles. The predicted molar refractivity (Wildman–Crippen MR) is 111 cm³/mol. The van der Waals surface area contributed by atoms with Crippen molar-refractivity contribution in [3.05, 3.63) is 62.6 Å². The number of nitrogens with zero attached hydrogens (tertiary/aromatic N) is 4. The number of ether oxygens (including phenoxy) is 1. The Kier molecular flexibility index (Phi) is 6.30. The first-order chi connectivity index (χ1) is 14.1. The Morgan fingerprint density at radius 2 is 1.93 bits per heavy atom. The van der Waals surface area contributed by atoms with Crippen LogP contribution in [0, 0.1) is 16.0 Å². The van der Waals surface area contributed by atoms with Crippen LogP contribution < -0.4 is 4.74 Å². The standard InChI is InChI=1S/C18H16Cl2N4O5S/c1-11(2)10-29-18-21-17(12-4-3-5-13(19)8-12)23(22-18)30(27,28)14-6-7-15(20)16(9-14)24(25)26/h3-9,11H,10H2,1-2H3. The van der Waals surface area contributed by atoms with Gasteiger partial charge in [0.1, 0.15) is 5.02 Å². The molecule has 0 fully saturated rings. The molecule has 0 aliphatic rings. The highest BCUT2D eigenvalue weighted by molar-refractivity contribution is 7.90. The van der Waals surface area contributed by atoms with Gasteiger partial charge in [0.25, 0.3) is 15.7 Å². The van der Waals surface area contributed by atoms with Crippen molar-refractivity contribution in [1.82, 2.24) is 14.2 Å². The smallest absolute Gasteiger partial charge is 0.337 e. The first kappa shape index (κ1) is 22.0. The van der Waals surface area contributed by atoms with Crippen LogP contribution in [0.3, 0.4) is 0 Å². The number of nitro groups is 1. The number of rotatable bonds is 7. The summed E-state index contributed by atoms with van der Waals surface area (Å²) in [7, 11) is -4.36. The monoisotopic (exact) mass is 470 g/mol. The zero-order valence-electron chi connectivity index (χ0n) is 15.8. The fourth-order valence-electron chi connectivity index (χ4n) is 2.45. The number of nitro benzene ring substituents is 1. The maximum absolute atomic E-state index is 13.3. The molecule has 30 heavy (non-hydrogen) atoms. The Balaban J connectivity index is 2.17. The van der Waals surface area contributed by atoms with E-state index in [0.717, 1.165) is 18.2 Å². The van der Waals surface area contributed by atoms with Gasteiger partial charge in [0.15, 0.2) is 5.82 Å². The average Bonchev–Trinajstić information content (AvgIpc) is 3.11. The maximum Gasteiger partial charge on any atom is 0.337 e. The molecule has 0 N–H and O–H groups in total. The van der Waals surface area contributed by atoms with Crippen molar-refractivity contribution in [2.24, 2.45) is 5.92 Å². The summed E-state index contributed by atoms with van der Waals surface area (Å²) in [5, 5.41) is 15.3. The minimum atomic E-state index is -4.36. The molecule has 12 heteroatoms. The van der Waals surface area contributed by atoms with E-state index in [2.05, 4.69) is 10.1 Å². The summed E-state index contributed by atoms with van der Waals surface area (Å²) < 4.78 is 32.7. The summed E-state index contributed by atoms with van der Waals surface area (Å²) in [5.41, 5.74) is -0.167. The highest BCUT2D eigenvalue weighted by Gasteiger charge is 2.28. The molecule has 0 radical (unpaired) electrons. The summed E-state index contributed by atoms with van der Waals surface area (Å²) in [5.74, 6) is 0.107. The van der Waals surface area contributed by atoms with Gasteiger partial charge in [-0.3, -0.25) is 10.1 Å². The van der Waals surface area contributed by atoms with Gasteiger partial charge in [0.2, 0.25) is 0 Å². The first-order valence-electron chi connectivity index (χ1n) is 8.65. The van der Waals surface area contributed by atoms with Gasteiger partial charge in [0.05, 0.1) is 16.4 Å². The zero-order chi connectivity index (χ0) is 22.1. The Morgan fingerprint density at radius 1 is 1.20 bits per heavy atom. The largest absolute Gasteiger partial charge is 0.462 e. The summed E-state index contributed by atoms with van der Waals surface area (Å²) in [6.07, 6.45) is 0. The van der Waals surface area contributed by atoms with E-state index in [1.807, 2.05) is 13.8 Å². The topological polar surface area (TPSA) is 117 Å². The number of benzene rings is 2. The van der Waals surface area contributed by atoms with Crippen molar-refractivity contribution in [1.29, 1.82) is 0 Å². The molecule has 0 bridgehead atoms. The molecule has 0 amide bonds. The van der Waals surface area contributed by atoms with Crippen LogP contribution in [0.25, 0.3) is 11.4 Å². The summed E-state index contributed by atoms with van der Waals surface area (Å²) in [6, 6.07) is 9.40. The van der Waals surface area contributed by atoms with Gasteiger partial charge in [0, 0.05) is 16.7 Å². The van der Waals surface area contributed by atoms with Gasteiger partial charge in [-0.2, -0.15) is 13.4 Å². The second-order valence-electron chi connectivity index (χ2n) is 6.65. The lowest BCUT2D eigenvalue weighted by atomic mass is 10.2. The lowest BCUT2D eigenvalue weighted by Crippen LogP contribution is -2.16. The Labute approximate surface area is 182 Å². The van der Waals surface area contributed by atoms with Gasteiger partial charge in [-0.25, -0.2) is 0 Å². The van der Waals surface area contributed by atoms with Gasteiger partial charge in [-0.05, 0) is 30.2 Å². The minimum Gasteiger partial charge on any atom is -0.462 e. The van der Waals surface area contributed by atoms with Crippen molar-refractivity contribution in [3.8, 4) is 17.4 Å². The maximum atomic E-state index is 13.3. The molecule has 0 aliphatic carbocycles. The van der Waals surface area contributed by atoms with E-state index in [1.165, 1.54) is 6.07 Å². The normalized spacial score (nSPS) is 11.6. The molecule has 0 aliphatic heterocycles. The van der Waals surface area contributed by atoms with Crippen LogP contribution in [0.2, 0.25) is 10.0 Å². The molecule has 0 saturated heterocycles. The number of hydrogen-bond donors (Lipinski definition) is 0. The van der Waals surface area contributed by atoms with Crippen LogP contribution in [0.1, 0.15) is 13.8 Å². The number of hydrogen-bond acceptors (Lipinski definition) is 7. The van der Waals surface area contributed by atoms with Gasteiger partial charge >= 0.3 is 6.01 Å². The zero-order valence-corrected chi connectivity index (χ0v) is 18.1. The molecule has 3 rings (SSSR count). The molecule has 9 nitrogen and oxygen atoms in total. The van der Waals surface area contributed by atoms with Crippen LogP contribution >= 0.6 is 23.2 Å². The van der Waals surface area contributed by atoms with Crippen molar-refractivity contribution in [2.75, 3.05) is 6.61 Å². The third kappa shape index (κ3) is 4.55. The lowest BCUT2D eigenvalue weighted by Gasteiger charge is -2.08. The van der Waals surface area contributed by atoms with E-state index in [-0.39, 0.29) is 34.3 Å². The molecular formula is C18H16Cl2N4O5S. The fourth-order valence-corrected chi connectivity index (χ4v) is 4.07. The van der Waals surface area contributed by atoms with Gasteiger partial charge in [-0.1, -0.05) is 54.3 Å². The van der Waals surface area contributed by atoms with Crippen LogP contribution in [0.15, 0.2) is 47.4 Å². The van der Waals surface area contributed by atoms with Crippen LogP contribution in [0.4, 0.5) is 5.69 Å². The summed E-state index contributed by atoms with van der Waals surface area (Å²) >= 11 is 11.8. The van der Waals surface area contributed by atoms with Crippen molar-refractivity contribution >= 4 is 38.9 Å². The van der Waals surface area contributed by atoms with Gasteiger partial charge < -0.3 is 4.74 Å². The third-order valence-electron chi connectivity index (χ3n) is 3.83. The Hall–Kier alpha value is -2.69. The number of halogens is 2. The molecular weight excluding hydrogens is 455 g/mol. The van der Waals surface area contributed by atoms with Crippen LogP contribution in [0.5, 0.6) is 6.01 Å². The molecule has 158 valence electrons. The van der Waals surface area contributed by atoms with Crippen LogP contribution in [-0.4, -0.2) is 34.1 Å². The Morgan fingerprint density at radius 3 is 2.57 bits per heavy atom. The highest BCUT2D eigenvalue weighted by atomic mass is 35.5. The molecule has 2 aromatic carbocycles. The summed E-state index contributed by atoms with van der Waals surface area (Å²) in [4.78, 5) is 14.2. The predicted octanol–water partition coefficient (Wildman–Crippen LogP) is 4.43. The molecule has 3 aromatic rings. The molecule has 0 spiro atoms. The first-order valence-corrected chi connectivity index (χ1v) is 10.8. The minimum absolute atomic E-state index is 0.0474. The van der Waals surface area contributed by atoms with Gasteiger partial charge in [-0.15, -0.1) is 4.09 Å². The molecule has 0 atom stereocenters. The van der Waals surface area contributed by atoms with Crippen molar-refractivity contribution in [3.63, 3.8) is 0 Å². The SMILES string of the molecule is CC(C)COc1nc(-c2cccc(Cl)c2)n(S(=O)(=O)c2ccc(Cl)c([N+](=O)[O-])c2)n1. The fraction of sp³-hybridized carbons (Fsp3) is 0.222. The average molecular weight is 471 g/mol. The molecule has 0 saturated carbocycles. The summed E-state index contributed by atoms with van der Waals surface area (Å²) in [6.45, 7) is 4.10. The van der Waals surface area contributed by atoms with Crippen molar-refractivity contribution in [2.45, 2.75) is 18.7 Å². The lowest BCUT2D eigenvalue weighted by molar-refractivity contribution is -0.384. The van der Waals surface area contributed by atoms with E-state index in [1.54, 1.807) is 18.2 Å². The van der Waals surface area contributed by atoms with E-state index in [4.69, 9.17) is 27.9 Å². The highest BCUT2D eigenvalue weighted by Crippen LogP contribution is 2.31. The van der Waals surface area contributed by atoms with Crippen LogP contribution in [-0.2, 0) is 10.0 Å². The second kappa shape index (κ2) is 8.58. The Bertz CT molecular complexity index is 1210. The van der Waals surface area contributed by atoms with E-state index in [0.29, 0.717) is 14.7 Å². The third-order valence-corrected chi connectivity index (χ3v) is 5.94. The quantitative estimate of drug-likeness (QED) is 0.370. The molecule has 1 heterocycles. The second-order valence-corrected chi connectivity index (χ2v) is 9.26. The van der Waals surface area contributed by atoms with E-state index < -0.39 is 20.6 Å². The molecule has 0 unspecified atom stereocenters. The van der Waals surface area contributed by atoms with E-state index >= 15 is 0 Å². The number of aromatic nitrogens is 3. The van der Waals surface area contributed by atoms with Crippen molar-refractivity contribution < 1.29 is 18.1 Å².